The average Bonchev–Trinajstić information content (AvgIpc) is 2.87. The smallest absolute Gasteiger partial charge is 0.142 e. The molecule has 0 unspecified atom stereocenters. The van der Waals surface area contributed by atoms with E-state index in [9.17, 15) is 0 Å². The molecular formula is C20H18N2. The lowest BCUT2D eigenvalue weighted by molar-refractivity contribution is 0.715. The largest absolute Gasteiger partial charge is 0.328 e. The second-order valence-electron chi connectivity index (χ2n) is 5.87. The number of aryl methyl sites for hydroxylation is 1. The number of para-hydroxylation sites is 1. The van der Waals surface area contributed by atoms with Crippen LogP contribution in [0.25, 0.3) is 21.9 Å². The van der Waals surface area contributed by atoms with Crippen molar-refractivity contribution < 1.29 is 0 Å². The molecule has 3 aromatic rings. The highest BCUT2D eigenvalue weighted by atomic mass is 15.0. The Morgan fingerprint density at radius 2 is 1.91 bits per heavy atom. The number of fused-ring (bicyclic) bond motifs is 3. The summed E-state index contributed by atoms with van der Waals surface area (Å²) in [5.41, 5.74) is 4.34. The van der Waals surface area contributed by atoms with Gasteiger partial charge in [-0.1, -0.05) is 30.2 Å². The van der Waals surface area contributed by atoms with E-state index in [2.05, 4.69) is 59.9 Å². The summed E-state index contributed by atoms with van der Waals surface area (Å²) < 4.78 is 2.15. The third-order valence-electron chi connectivity index (χ3n) is 4.39. The van der Waals surface area contributed by atoms with Crippen molar-refractivity contribution in [1.82, 2.24) is 9.55 Å². The lowest BCUT2D eigenvalue weighted by Gasteiger charge is -2.05. The number of benzene rings is 1. The lowest BCUT2D eigenvalue weighted by atomic mass is 10.00. The first-order chi connectivity index (χ1) is 10.8. The molecule has 2 heterocycles. The van der Waals surface area contributed by atoms with Crippen molar-refractivity contribution >= 4 is 21.9 Å². The number of allylic oxidation sites excluding steroid dienone is 2. The summed E-state index contributed by atoms with van der Waals surface area (Å²) in [6, 6.07) is 12.6. The summed E-state index contributed by atoms with van der Waals surface area (Å²) in [6.07, 6.45) is 7.11. The van der Waals surface area contributed by atoms with Crippen molar-refractivity contribution in [2.75, 3.05) is 0 Å². The van der Waals surface area contributed by atoms with E-state index in [1.54, 1.807) is 0 Å². The van der Waals surface area contributed by atoms with Crippen LogP contribution in [-0.2, 0) is 7.05 Å². The highest BCUT2D eigenvalue weighted by Crippen LogP contribution is 2.26. The molecule has 2 heteroatoms. The van der Waals surface area contributed by atoms with Crippen LogP contribution in [0.3, 0.4) is 0 Å². The fourth-order valence-corrected chi connectivity index (χ4v) is 3.19. The van der Waals surface area contributed by atoms with Gasteiger partial charge in [-0.05, 0) is 55.4 Å². The summed E-state index contributed by atoms with van der Waals surface area (Å²) in [5.74, 6) is 6.53. The molecule has 1 aliphatic rings. The predicted molar refractivity (Wildman–Crippen MR) is 91.6 cm³/mol. The van der Waals surface area contributed by atoms with Crippen molar-refractivity contribution in [3.8, 4) is 11.8 Å². The Balaban J connectivity index is 1.81. The highest BCUT2D eigenvalue weighted by molar-refractivity contribution is 6.06. The zero-order valence-corrected chi connectivity index (χ0v) is 12.8. The molecule has 0 aliphatic heterocycles. The molecule has 0 bridgehead atoms. The van der Waals surface area contributed by atoms with Crippen molar-refractivity contribution in [2.45, 2.75) is 25.7 Å². The zero-order valence-electron chi connectivity index (χ0n) is 12.8. The first-order valence-corrected chi connectivity index (χ1v) is 7.88. The van der Waals surface area contributed by atoms with Gasteiger partial charge in [0, 0.05) is 17.8 Å². The van der Waals surface area contributed by atoms with E-state index in [1.165, 1.54) is 41.1 Å². The summed E-state index contributed by atoms with van der Waals surface area (Å²) in [5, 5.41) is 2.45. The van der Waals surface area contributed by atoms with Gasteiger partial charge in [-0.2, -0.15) is 0 Å². The molecule has 0 spiro atoms. The van der Waals surface area contributed by atoms with Gasteiger partial charge in [-0.3, -0.25) is 0 Å². The van der Waals surface area contributed by atoms with E-state index >= 15 is 0 Å². The molecule has 2 nitrogen and oxygen atoms in total. The molecule has 0 saturated carbocycles. The number of aromatic nitrogens is 2. The van der Waals surface area contributed by atoms with Crippen LogP contribution in [0.4, 0.5) is 0 Å². The molecule has 108 valence electrons. The van der Waals surface area contributed by atoms with Gasteiger partial charge < -0.3 is 4.57 Å². The summed E-state index contributed by atoms with van der Waals surface area (Å²) >= 11 is 0. The van der Waals surface area contributed by atoms with Gasteiger partial charge in [0.2, 0.25) is 0 Å². The van der Waals surface area contributed by atoms with Crippen molar-refractivity contribution in [1.29, 1.82) is 0 Å². The van der Waals surface area contributed by atoms with Gasteiger partial charge in [0.1, 0.15) is 11.3 Å². The standard InChI is InChI=1S/C20H18N2/c1-22-19-10-6-5-9-17(19)18-14-13-16(21-20(18)22)12-11-15-7-3-2-4-8-15/h5-7,9-10,13-14H,2-4,8H2,1H3. The molecule has 4 rings (SSSR count). The molecule has 1 aliphatic carbocycles. The monoisotopic (exact) mass is 286 g/mol. The lowest BCUT2D eigenvalue weighted by Crippen LogP contribution is -1.92. The number of nitrogens with zero attached hydrogens (tertiary/aromatic N) is 2. The molecule has 0 saturated heterocycles. The van der Waals surface area contributed by atoms with E-state index in [0.29, 0.717) is 0 Å². The molecule has 0 fully saturated rings. The zero-order chi connectivity index (χ0) is 14.9. The van der Waals surface area contributed by atoms with Crippen LogP contribution in [0.1, 0.15) is 31.4 Å². The van der Waals surface area contributed by atoms with E-state index < -0.39 is 0 Å². The Hall–Kier alpha value is -2.53. The highest BCUT2D eigenvalue weighted by Gasteiger charge is 2.08. The quantitative estimate of drug-likeness (QED) is 0.553. The van der Waals surface area contributed by atoms with Crippen LogP contribution >= 0.6 is 0 Å². The molecule has 0 amide bonds. The molecule has 0 radical (unpaired) electrons. The van der Waals surface area contributed by atoms with E-state index in [0.717, 1.165) is 17.8 Å². The van der Waals surface area contributed by atoms with E-state index in [1.807, 2.05) is 6.07 Å². The van der Waals surface area contributed by atoms with Crippen LogP contribution in [0.5, 0.6) is 0 Å². The van der Waals surface area contributed by atoms with Crippen LogP contribution in [0.2, 0.25) is 0 Å². The van der Waals surface area contributed by atoms with Gasteiger partial charge in [0.25, 0.3) is 0 Å². The second-order valence-corrected chi connectivity index (χ2v) is 5.87. The third kappa shape index (κ3) is 2.19. The maximum absolute atomic E-state index is 4.76. The first-order valence-electron chi connectivity index (χ1n) is 7.88. The van der Waals surface area contributed by atoms with Crippen LogP contribution in [0, 0.1) is 11.8 Å². The number of hydrogen-bond donors (Lipinski definition) is 0. The first kappa shape index (κ1) is 13.2. The maximum Gasteiger partial charge on any atom is 0.142 e. The summed E-state index contributed by atoms with van der Waals surface area (Å²) in [4.78, 5) is 4.76. The Bertz CT molecular complexity index is 948. The van der Waals surface area contributed by atoms with Gasteiger partial charge in [0.05, 0.1) is 5.52 Å². The minimum atomic E-state index is 0.852. The second kappa shape index (κ2) is 5.35. The Kier molecular flexibility index (Phi) is 3.20. The minimum absolute atomic E-state index is 0.852. The Morgan fingerprint density at radius 1 is 1.00 bits per heavy atom. The molecule has 2 aromatic heterocycles. The number of hydrogen-bond acceptors (Lipinski definition) is 1. The predicted octanol–water partition coefficient (Wildman–Crippen LogP) is 4.58. The molecular weight excluding hydrogens is 268 g/mol. The normalized spacial score (nSPS) is 14.7. The fourth-order valence-electron chi connectivity index (χ4n) is 3.19. The average molecular weight is 286 g/mol. The number of pyridine rings is 1. The van der Waals surface area contributed by atoms with Gasteiger partial charge >= 0.3 is 0 Å². The maximum atomic E-state index is 4.76. The molecule has 1 aromatic carbocycles. The van der Waals surface area contributed by atoms with Gasteiger partial charge in [-0.15, -0.1) is 0 Å². The van der Waals surface area contributed by atoms with Crippen molar-refractivity contribution in [2.24, 2.45) is 7.05 Å². The Morgan fingerprint density at radius 3 is 2.77 bits per heavy atom. The number of rotatable bonds is 0. The van der Waals surface area contributed by atoms with Crippen molar-refractivity contribution in [3.63, 3.8) is 0 Å². The Labute approximate surface area is 130 Å². The van der Waals surface area contributed by atoms with E-state index in [4.69, 9.17) is 4.98 Å². The summed E-state index contributed by atoms with van der Waals surface area (Å²) in [6.45, 7) is 0. The molecule has 22 heavy (non-hydrogen) atoms. The van der Waals surface area contributed by atoms with Crippen molar-refractivity contribution in [3.05, 3.63) is 53.7 Å². The van der Waals surface area contributed by atoms with Crippen LogP contribution in [-0.4, -0.2) is 9.55 Å². The SMILES string of the molecule is Cn1c2ccccc2c2ccc(C#CC3=CCCCC3)nc21. The van der Waals surface area contributed by atoms with Gasteiger partial charge in [-0.25, -0.2) is 4.98 Å². The molecule has 0 N–H and O–H groups in total. The van der Waals surface area contributed by atoms with Gasteiger partial charge in [0.15, 0.2) is 0 Å². The van der Waals surface area contributed by atoms with Crippen LogP contribution < -0.4 is 0 Å². The van der Waals surface area contributed by atoms with Crippen LogP contribution in [0.15, 0.2) is 48.0 Å². The third-order valence-corrected chi connectivity index (χ3v) is 4.39. The minimum Gasteiger partial charge on any atom is -0.328 e. The topological polar surface area (TPSA) is 17.8 Å². The molecule has 0 atom stereocenters. The summed E-state index contributed by atoms with van der Waals surface area (Å²) in [7, 11) is 2.07. The van der Waals surface area contributed by atoms with E-state index in [-0.39, 0.29) is 0 Å². The fraction of sp³-hybridized carbons (Fsp3) is 0.250.